The number of piperidine rings is 2. The van der Waals surface area contributed by atoms with Gasteiger partial charge in [0.2, 0.25) is 0 Å². The van der Waals surface area contributed by atoms with Crippen molar-refractivity contribution in [3.05, 3.63) is 35.4 Å². The van der Waals surface area contributed by atoms with E-state index < -0.39 is 5.97 Å². The van der Waals surface area contributed by atoms with Crippen LogP contribution < -0.4 is 5.32 Å². The van der Waals surface area contributed by atoms with E-state index in [4.69, 9.17) is 5.11 Å². The van der Waals surface area contributed by atoms with Crippen LogP contribution >= 0.6 is 0 Å². The van der Waals surface area contributed by atoms with E-state index in [1.807, 2.05) is 12.1 Å². The minimum absolute atomic E-state index is 0.0472. The van der Waals surface area contributed by atoms with Gasteiger partial charge in [-0.1, -0.05) is 19.1 Å². The summed E-state index contributed by atoms with van der Waals surface area (Å²) in [6, 6.07) is 8.09. The normalized spacial score (nSPS) is 30.1. The summed E-state index contributed by atoms with van der Waals surface area (Å²) in [5, 5.41) is 12.7. The molecule has 108 valence electrons. The molecule has 2 aliphatic rings. The van der Waals surface area contributed by atoms with Crippen LogP contribution in [0.25, 0.3) is 0 Å². The van der Waals surface area contributed by atoms with Gasteiger partial charge in [-0.3, -0.25) is 0 Å². The second kappa shape index (κ2) is 5.19. The van der Waals surface area contributed by atoms with Gasteiger partial charge in [0.1, 0.15) is 0 Å². The molecule has 0 aliphatic carbocycles. The lowest BCUT2D eigenvalue weighted by molar-refractivity contribution is 0.0445. The zero-order chi connectivity index (χ0) is 14.2. The molecule has 20 heavy (non-hydrogen) atoms. The van der Waals surface area contributed by atoms with Gasteiger partial charge in [-0.15, -0.1) is 0 Å². The molecule has 2 heterocycles. The van der Waals surface area contributed by atoms with Crippen LogP contribution in [0.5, 0.6) is 0 Å². The van der Waals surface area contributed by atoms with Gasteiger partial charge in [-0.2, -0.15) is 0 Å². The van der Waals surface area contributed by atoms with Crippen molar-refractivity contribution in [2.45, 2.75) is 37.8 Å². The fourth-order valence-electron chi connectivity index (χ4n) is 3.79. The van der Waals surface area contributed by atoms with Crippen molar-refractivity contribution in [1.82, 2.24) is 10.2 Å². The number of aromatic carboxylic acids is 1. The summed E-state index contributed by atoms with van der Waals surface area (Å²) in [5.74, 6) is -0.857. The summed E-state index contributed by atoms with van der Waals surface area (Å²) < 4.78 is 0. The van der Waals surface area contributed by atoms with E-state index in [9.17, 15) is 4.79 Å². The minimum atomic E-state index is -0.857. The number of fused-ring (bicyclic) bond motifs is 2. The van der Waals surface area contributed by atoms with Crippen molar-refractivity contribution >= 4 is 5.97 Å². The third-order valence-electron chi connectivity index (χ3n) is 4.96. The molecule has 1 aromatic rings. The highest BCUT2D eigenvalue weighted by molar-refractivity contribution is 5.87. The maximum Gasteiger partial charge on any atom is 0.335 e. The van der Waals surface area contributed by atoms with Gasteiger partial charge in [0.05, 0.1) is 5.56 Å². The molecule has 4 nitrogen and oxygen atoms in total. The van der Waals surface area contributed by atoms with Crippen LogP contribution in [0.2, 0.25) is 0 Å². The topological polar surface area (TPSA) is 52.6 Å². The fraction of sp³-hybridized carbons (Fsp3) is 0.562. The number of rotatable bonds is 3. The summed E-state index contributed by atoms with van der Waals surface area (Å²) >= 11 is 0. The van der Waals surface area contributed by atoms with E-state index in [0.29, 0.717) is 11.6 Å². The Balaban J connectivity index is 1.86. The quantitative estimate of drug-likeness (QED) is 0.886. The van der Waals surface area contributed by atoms with E-state index in [-0.39, 0.29) is 5.54 Å². The lowest BCUT2D eigenvalue weighted by Crippen LogP contribution is -2.59. The first-order valence-corrected chi connectivity index (χ1v) is 7.47. The lowest BCUT2D eigenvalue weighted by atomic mass is 9.74. The standard InChI is InChI=1S/C16H22N2O2/c1-2-18-10-8-16(11-14(18)7-9-17-16)13-5-3-12(4-6-13)15(19)20/h3-6,14,17H,2,7-11H2,1H3,(H,19,20). The largest absolute Gasteiger partial charge is 0.478 e. The Kier molecular flexibility index (Phi) is 3.52. The van der Waals surface area contributed by atoms with E-state index >= 15 is 0 Å². The van der Waals surface area contributed by atoms with Crippen LogP contribution in [0.15, 0.2) is 24.3 Å². The van der Waals surface area contributed by atoms with E-state index in [1.54, 1.807) is 12.1 Å². The summed E-state index contributed by atoms with van der Waals surface area (Å²) in [6.07, 6.45) is 3.44. The molecule has 2 aliphatic heterocycles. The first-order valence-electron chi connectivity index (χ1n) is 7.47. The van der Waals surface area contributed by atoms with Gasteiger partial charge in [0.15, 0.2) is 0 Å². The second-order valence-corrected chi connectivity index (χ2v) is 5.92. The Bertz CT molecular complexity index is 500. The van der Waals surface area contributed by atoms with Crippen LogP contribution in [0.4, 0.5) is 0 Å². The Morgan fingerprint density at radius 2 is 2.20 bits per heavy atom. The average Bonchev–Trinajstić information content (AvgIpc) is 2.48. The molecular weight excluding hydrogens is 252 g/mol. The third kappa shape index (κ3) is 2.23. The molecule has 2 unspecified atom stereocenters. The lowest BCUT2D eigenvalue weighted by Gasteiger charge is -2.51. The van der Waals surface area contributed by atoms with Crippen LogP contribution in [0.3, 0.4) is 0 Å². The molecule has 2 bridgehead atoms. The molecule has 4 heteroatoms. The van der Waals surface area contributed by atoms with Crippen molar-refractivity contribution in [3.63, 3.8) is 0 Å². The first kappa shape index (κ1) is 13.6. The van der Waals surface area contributed by atoms with Crippen molar-refractivity contribution in [3.8, 4) is 0 Å². The summed E-state index contributed by atoms with van der Waals surface area (Å²) in [5.41, 5.74) is 1.65. The molecule has 2 atom stereocenters. The summed E-state index contributed by atoms with van der Waals surface area (Å²) in [6.45, 7) is 5.52. The number of carboxylic acid groups (broad SMARTS) is 1. The molecule has 0 amide bonds. The number of carbonyl (C=O) groups is 1. The third-order valence-corrected chi connectivity index (χ3v) is 4.96. The SMILES string of the molecule is CCN1CCC2(c3ccc(C(=O)O)cc3)CC1CCN2. The van der Waals surface area contributed by atoms with E-state index in [1.165, 1.54) is 12.0 Å². The predicted molar refractivity (Wildman–Crippen MR) is 78.0 cm³/mol. The van der Waals surface area contributed by atoms with Gasteiger partial charge in [0, 0.05) is 18.1 Å². The van der Waals surface area contributed by atoms with E-state index in [2.05, 4.69) is 17.1 Å². The van der Waals surface area contributed by atoms with Crippen molar-refractivity contribution < 1.29 is 9.90 Å². The van der Waals surface area contributed by atoms with E-state index in [0.717, 1.165) is 32.5 Å². The molecule has 2 N–H and O–H groups in total. The maximum absolute atomic E-state index is 11.0. The molecule has 0 spiro atoms. The summed E-state index contributed by atoms with van der Waals surface area (Å²) in [4.78, 5) is 13.5. The fourth-order valence-corrected chi connectivity index (χ4v) is 3.79. The van der Waals surface area contributed by atoms with Crippen molar-refractivity contribution in [1.29, 1.82) is 0 Å². The van der Waals surface area contributed by atoms with Gasteiger partial charge in [-0.05, 0) is 50.0 Å². The first-order chi connectivity index (χ1) is 9.64. The molecule has 0 aromatic heterocycles. The van der Waals surface area contributed by atoms with Gasteiger partial charge >= 0.3 is 5.97 Å². The number of hydrogen-bond donors (Lipinski definition) is 2. The Morgan fingerprint density at radius 3 is 2.85 bits per heavy atom. The zero-order valence-electron chi connectivity index (χ0n) is 11.9. The molecule has 1 aromatic carbocycles. The maximum atomic E-state index is 11.0. The Hall–Kier alpha value is -1.39. The molecule has 0 saturated carbocycles. The number of hydrogen-bond acceptors (Lipinski definition) is 3. The highest BCUT2D eigenvalue weighted by Crippen LogP contribution is 2.39. The van der Waals surface area contributed by atoms with Gasteiger partial charge in [-0.25, -0.2) is 4.79 Å². The van der Waals surface area contributed by atoms with Crippen LogP contribution in [0, 0.1) is 0 Å². The Morgan fingerprint density at radius 1 is 1.45 bits per heavy atom. The predicted octanol–water partition coefficient (Wildman–Crippen LogP) is 2.06. The molecular formula is C16H22N2O2. The molecule has 0 radical (unpaired) electrons. The highest BCUT2D eigenvalue weighted by atomic mass is 16.4. The van der Waals surface area contributed by atoms with Gasteiger partial charge < -0.3 is 15.3 Å². The molecule has 2 fully saturated rings. The van der Waals surface area contributed by atoms with Crippen LogP contribution in [-0.2, 0) is 5.54 Å². The molecule has 3 rings (SSSR count). The number of nitrogens with zero attached hydrogens (tertiary/aromatic N) is 1. The van der Waals surface area contributed by atoms with Crippen LogP contribution in [0.1, 0.15) is 42.1 Å². The monoisotopic (exact) mass is 274 g/mol. The zero-order valence-corrected chi connectivity index (χ0v) is 11.9. The van der Waals surface area contributed by atoms with Gasteiger partial charge in [0.25, 0.3) is 0 Å². The average molecular weight is 274 g/mol. The molecule has 2 saturated heterocycles. The van der Waals surface area contributed by atoms with Crippen LogP contribution in [-0.4, -0.2) is 41.7 Å². The number of carboxylic acids is 1. The highest BCUT2D eigenvalue weighted by Gasteiger charge is 2.42. The minimum Gasteiger partial charge on any atom is -0.478 e. The number of nitrogens with one attached hydrogen (secondary N) is 1. The van der Waals surface area contributed by atoms with Crippen molar-refractivity contribution in [2.75, 3.05) is 19.6 Å². The number of likely N-dealkylation sites (tertiary alicyclic amines) is 1. The number of benzene rings is 1. The Labute approximate surface area is 119 Å². The smallest absolute Gasteiger partial charge is 0.335 e. The summed E-state index contributed by atoms with van der Waals surface area (Å²) in [7, 11) is 0. The second-order valence-electron chi connectivity index (χ2n) is 5.92. The van der Waals surface area contributed by atoms with Crippen molar-refractivity contribution in [2.24, 2.45) is 0 Å².